The van der Waals surface area contributed by atoms with Gasteiger partial charge in [-0.2, -0.15) is 0 Å². The highest BCUT2D eigenvalue weighted by Crippen LogP contribution is 2.29. The fourth-order valence-corrected chi connectivity index (χ4v) is 4.11. The molecule has 3 aromatic carbocycles. The molecule has 3 aromatic rings. The number of cyclic esters (lactones) is 1. The van der Waals surface area contributed by atoms with Crippen molar-refractivity contribution in [3.63, 3.8) is 0 Å². The average molecular weight is 413 g/mol. The summed E-state index contributed by atoms with van der Waals surface area (Å²) in [6.07, 6.45) is 0.733. The molecule has 0 unspecified atom stereocenters. The van der Waals surface area contributed by atoms with Crippen LogP contribution in [0.3, 0.4) is 0 Å². The molecule has 156 valence electrons. The van der Waals surface area contributed by atoms with Crippen molar-refractivity contribution in [1.82, 2.24) is 0 Å². The van der Waals surface area contributed by atoms with Gasteiger partial charge in [0.25, 0.3) is 5.91 Å². The van der Waals surface area contributed by atoms with E-state index < -0.39 is 0 Å². The van der Waals surface area contributed by atoms with Crippen LogP contribution in [-0.4, -0.2) is 31.7 Å². The minimum Gasteiger partial charge on any atom is -0.447 e. The Morgan fingerprint density at radius 3 is 2.45 bits per heavy atom. The Bertz CT molecular complexity index is 1110. The second-order valence-corrected chi connectivity index (χ2v) is 7.76. The maximum atomic E-state index is 12.6. The zero-order valence-corrected chi connectivity index (χ0v) is 17.1. The molecule has 0 aromatic heterocycles. The number of nitrogens with one attached hydrogen (secondary N) is 1. The third-order valence-corrected chi connectivity index (χ3v) is 5.77. The van der Waals surface area contributed by atoms with Crippen LogP contribution in [-0.2, 0) is 17.7 Å². The molecule has 5 rings (SSSR count). The first kappa shape index (κ1) is 19.2. The summed E-state index contributed by atoms with van der Waals surface area (Å²) in [6, 6.07) is 23.5. The SMILES string of the molecule is O=C(Nc1ccc(CN2CCc3ccccc32)cc1)c1ccc(N2CCOC2=O)cc1. The van der Waals surface area contributed by atoms with E-state index in [1.54, 1.807) is 29.2 Å². The molecule has 1 N–H and O–H groups in total. The van der Waals surface area contributed by atoms with Gasteiger partial charge in [0.1, 0.15) is 6.61 Å². The highest BCUT2D eigenvalue weighted by atomic mass is 16.6. The van der Waals surface area contributed by atoms with Gasteiger partial charge in [-0.25, -0.2) is 4.79 Å². The summed E-state index contributed by atoms with van der Waals surface area (Å²) in [7, 11) is 0. The summed E-state index contributed by atoms with van der Waals surface area (Å²) in [5, 5.41) is 2.93. The van der Waals surface area contributed by atoms with E-state index in [-0.39, 0.29) is 12.0 Å². The largest absolute Gasteiger partial charge is 0.447 e. The Balaban J connectivity index is 1.21. The number of carbonyl (C=O) groups is 2. The van der Waals surface area contributed by atoms with Crippen molar-refractivity contribution in [2.75, 3.05) is 34.8 Å². The van der Waals surface area contributed by atoms with Gasteiger partial charge in [0.15, 0.2) is 0 Å². The molecule has 0 spiro atoms. The molecule has 0 bridgehead atoms. The van der Waals surface area contributed by atoms with Crippen molar-refractivity contribution >= 4 is 29.1 Å². The van der Waals surface area contributed by atoms with Crippen molar-refractivity contribution in [3.05, 3.63) is 89.5 Å². The molecular formula is C25H23N3O3. The first-order valence-corrected chi connectivity index (χ1v) is 10.4. The smallest absolute Gasteiger partial charge is 0.414 e. The monoisotopic (exact) mass is 413 g/mol. The van der Waals surface area contributed by atoms with Crippen LogP contribution in [0.15, 0.2) is 72.8 Å². The lowest BCUT2D eigenvalue weighted by Gasteiger charge is -2.19. The van der Waals surface area contributed by atoms with Crippen molar-refractivity contribution in [2.45, 2.75) is 13.0 Å². The molecule has 1 saturated heterocycles. The van der Waals surface area contributed by atoms with E-state index in [1.807, 2.05) is 12.1 Å². The number of hydrogen-bond acceptors (Lipinski definition) is 4. The molecule has 6 heteroatoms. The molecule has 0 radical (unpaired) electrons. The zero-order valence-electron chi connectivity index (χ0n) is 17.1. The summed E-state index contributed by atoms with van der Waals surface area (Å²) >= 11 is 0. The van der Waals surface area contributed by atoms with Crippen LogP contribution < -0.4 is 15.1 Å². The van der Waals surface area contributed by atoms with Gasteiger partial charge < -0.3 is 15.0 Å². The van der Waals surface area contributed by atoms with Crippen LogP contribution in [0, 0.1) is 0 Å². The second-order valence-electron chi connectivity index (χ2n) is 7.76. The summed E-state index contributed by atoms with van der Waals surface area (Å²) in [5.74, 6) is -0.184. The van der Waals surface area contributed by atoms with Gasteiger partial charge in [0.05, 0.1) is 6.54 Å². The number of para-hydroxylation sites is 1. The average Bonchev–Trinajstić information content (AvgIpc) is 3.41. The van der Waals surface area contributed by atoms with Gasteiger partial charge in [0.2, 0.25) is 0 Å². The number of nitrogens with zero attached hydrogens (tertiary/aromatic N) is 2. The van der Waals surface area contributed by atoms with Crippen LogP contribution in [0.1, 0.15) is 21.5 Å². The van der Waals surface area contributed by atoms with Gasteiger partial charge in [-0.3, -0.25) is 9.69 Å². The summed E-state index contributed by atoms with van der Waals surface area (Å²) in [5.41, 5.74) is 5.94. The lowest BCUT2D eigenvalue weighted by Crippen LogP contribution is -2.23. The van der Waals surface area contributed by atoms with Gasteiger partial charge in [-0.15, -0.1) is 0 Å². The molecule has 0 atom stereocenters. The van der Waals surface area contributed by atoms with Gasteiger partial charge in [-0.1, -0.05) is 30.3 Å². The van der Waals surface area contributed by atoms with Gasteiger partial charge in [0, 0.05) is 35.7 Å². The van der Waals surface area contributed by atoms with Crippen molar-refractivity contribution in [1.29, 1.82) is 0 Å². The van der Waals surface area contributed by atoms with E-state index in [2.05, 4.69) is 46.6 Å². The maximum absolute atomic E-state index is 12.6. The molecule has 0 saturated carbocycles. The Hall–Kier alpha value is -3.80. The van der Waals surface area contributed by atoms with Crippen molar-refractivity contribution in [2.24, 2.45) is 0 Å². The van der Waals surface area contributed by atoms with E-state index in [0.717, 1.165) is 30.9 Å². The first-order chi connectivity index (χ1) is 15.2. The standard InChI is InChI=1S/C25H23N3O3/c29-24(20-7-11-22(12-8-20)28-15-16-31-25(28)30)26-21-9-5-18(6-10-21)17-27-14-13-19-3-1-2-4-23(19)27/h1-12H,13-17H2,(H,26,29). The Morgan fingerprint density at radius 1 is 0.935 bits per heavy atom. The topological polar surface area (TPSA) is 61.9 Å². The van der Waals surface area contributed by atoms with Crippen LogP contribution in [0.5, 0.6) is 0 Å². The molecule has 6 nitrogen and oxygen atoms in total. The predicted molar refractivity (Wildman–Crippen MR) is 121 cm³/mol. The Labute approximate surface area is 181 Å². The Morgan fingerprint density at radius 2 is 1.71 bits per heavy atom. The predicted octanol–water partition coefficient (Wildman–Crippen LogP) is 4.46. The number of anilines is 3. The molecule has 1 fully saturated rings. The second kappa shape index (κ2) is 8.14. The number of rotatable bonds is 5. The molecule has 2 amide bonds. The zero-order chi connectivity index (χ0) is 21.2. The number of ether oxygens (including phenoxy) is 1. The number of carbonyl (C=O) groups excluding carboxylic acids is 2. The van der Waals surface area contributed by atoms with E-state index >= 15 is 0 Å². The molecule has 31 heavy (non-hydrogen) atoms. The van der Waals surface area contributed by atoms with E-state index in [4.69, 9.17) is 4.74 Å². The lowest BCUT2D eigenvalue weighted by molar-refractivity contribution is 0.102. The van der Waals surface area contributed by atoms with Crippen molar-refractivity contribution < 1.29 is 14.3 Å². The molecular weight excluding hydrogens is 390 g/mol. The van der Waals surface area contributed by atoms with Crippen LogP contribution in [0.4, 0.5) is 21.9 Å². The minimum atomic E-state index is -0.352. The number of benzene rings is 3. The summed E-state index contributed by atoms with van der Waals surface area (Å²) in [4.78, 5) is 28.2. The first-order valence-electron chi connectivity index (χ1n) is 10.4. The van der Waals surface area contributed by atoms with E-state index in [9.17, 15) is 9.59 Å². The summed E-state index contributed by atoms with van der Waals surface area (Å²) in [6.45, 7) is 2.80. The Kier molecular flexibility index (Phi) is 5.04. The van der Waals surface area contributed by atoms with Crippen LogP contribution in [0.25, 0.3) is 0 Å². The maximum Gasteiger partial charge on any atom is 0.414 e. The van der Waals surface area contributed by atoms with Gasteiger partial charge >= 0.3 is 6.09 Å². The third-order valence-electron chi connectivity index (χ3n) is 5.77. The highest BCUT2D eigenvalue weighted by Gasteiger charge is 2.23. The lowest BCUT2D eigenvalue weighted by atomic mass is 10.1. The minimum absolute atomic E-state index is 0.184. The quantitative estimate of drug-likeness (QED) is 0.671. The number of hydrogen-bond donors (Lipinski definition) is 1. The van der Waals surface area contributed by atoms with E-state index in [0.29, 0.717) is 18.7 Å². The van der Waals surface area contributed by atoms with Crippen LogP contribution in [0.2, 0.25) is 0 Å². The van der Waals surface area contributed by atoms with Gasteiger partial charge in [-0.05, 0) is 60.0 Å². The molecule has 2 aliphatic rings. The third kappa shape index (κ3) is 3.97. The highest BCUT2D eigenvalue weighted by molar-refractivity contribution is 6.04. The molecule has 2 heterocycles. The van der Waals surface area contributed by atoms with Crippen molar-refractivity contribution in [3.8, 4) is 0 Å². The fourth-order valence-electron chi connectivity index (χ4n) is 4.11. The number of amides is 2. The van der Waals surface area contributed by atoms with E-state index in [1.165, 1.54) is 16.8 Å². The molecule has 0 aliphatic carbocycles. The fraction of sp³-hybridized carbons (Fsp3) is 0.200. The van der Waals surface area contributed by atoms with Crippen LogP contribution >= 0.6 is 0 Å². The number of fused-ring (bicyclic) bond motifs is 1. The molecule has 2 aliphatic heterocycles. The normalized spacial score (nSPS) is 15.0. The summed E-state index contributed by atoms with van der Waals surface area (Å²) < 4.78 is 4.95.